The van der Waals surface area contributed by atoms with Gasteiger partial charge in [0.15, 0.2) is 0 Å². The molecule has 3 rings (SSSR count). The van der Waals surface area contributed by atoms with Crippen molar-refractivity contribution in [1.82, 2.24) is 9.66 Å². The van der Waals surface area contributed by atoms with Crippen molar-refractivity contribution < 1.29 is 9.90 Å². The first-order chi connectivity index (χ1) is 10.2. The standard InChI is InChI=1S/C16H21N3O2/c1-2-6-15-17-13-11-12(16(20)21)7-8-14(13)19(15)18-9-4-3-5-10-18/h7-8,11H,2-6,9-10H2,1H3,(H,20,21). The number of aromatic nitrogens is 2. The van der Waals surface area contributed by atoms with Crippen molar-refractivity contribution in [2.75, 3.05) is 18.1 Å². The summed E-state index contributed by atoms with van der Waals surface area (Å²) in [6, 6.07) is 5.24. The molecule has 0 bridgehead atoms. The molecule has 0 amide bonds. The van der Waals surface area contributed by atoms with E-state index in [2.05, 4.69) is 21.6 Å². The monoisotopic (exact) mass is 287 g/mol. The number of fused-ring (bicyclic) bond motifs is 1. The van der Waals surface area contributed by atoms with Crippen molar-refractivity contribution in [2.45, 2.75) is 39.0 Å². The minimum Gasteiger partial charge on any atom is -0.478 e. The average Bonchev–Trinajstić information content (AvgIpc) is 2.85. The molecular weight excluding hydrogens is 266 g/mol. The third-order valence-corrected chi connectivity index (χ3v) is 4.03. The lowest BCUT2D eigenvalue weighted by Crippen LogP contribution is -2.40. The van der Waals surface area contributed by atoms with Gasteiger partial charge in [-0.1, -0.05) is 6.92 Å². The smallest absolute Gasteiger partial charge is 0.335 e. The Morgan fingerprint density at radius 2 is 2.05 bits per heavy atom. The van der Waals surface area contributed by atoms with Crippen LogP contribution in [0, 0.1) is 0 Å². The molecule has 1 aromatic carbocycles. The SMILES string of the molecule is CCCc1nc2cc(C(=O)O)ccc2n1N1CCCCC1. The zero-order valence-corrected chi connectivity index (χ0v) is 12.4. The Balaban J connectivity index is 2.10. The maximum Gasteiger partial charge on any atom is 0.335 e. The molecule has 0 aliphatic carbocycles. The quantitative estimate of drug-likeness (QED) is 0.939. The molecule has 5 heteroatoms. The van der Waals surface area contributed by atoms with Crippen LogP contribution in [0.25, 0.3) is 11.0 Å². The van der Waals surface area contributed by atoms with E-state index < -0.39 is 5.97 Å². The molecule has 1 saturated heterocycles. The minimum atomic E-state index is -0.901. The van der Waals surface area contributed by atoms with E-state index >= 15 is 0 Å². The van der Waals surface area contributed by atoms with Crippen molar-refractivity contribution in [3.8, 4) is 0 Å². The minimum absolute atomic E-state index is 0.300. The summed E-state index contributed by atoms with van der Waals surface area (Å²) in [4.78, 5) is 15.8. The summed E-state index contributed by atoms with van der Waals surface area (Å²) in [6.45, 7) is 4.23. The highest BCUT2D eigenvalue weighted by molar-refractivity contribution is 5.92. The van der Waals surface area contributed by atoms with Crippen LogP contribution in [0.4, 0.5) is 0 Å². The Bertz CT molecular complexity index is 657. The second-order valence-electron chi connectivity index (χ2n) is 5.61. The van der Waals surface area contributed by atoms with E-state index in [1.807, 2.05) is 6.07 Å². The fourth-order valence-corrected chi connectivity index (χ4v) is 3.03. The average molecular weight is 287 g/mol. The lowest BCUT2D eigenvalue weighted by molar-refractivity contribution is 0.0697. The number of carbonyl (C=O) groups is 1. The molecule has 112 valence electrons. The Hall–Kier alpha value is -2.04. The number of carboxylic acids is 1. The molecule has 2 aromatic rings. The van der Waals surface area contributed by atoms with Gasteiger partial charge in [0.2, 0.25) is 0 Å². The number of rotatable bonds is 4. The van der Waals surface area contributed by atoms with Crippen LogP contribution in [0.5, 0.6) is 0 Å². The summed E-state index contributed by atoms with van der Waals surface area (Å²) in [7, 11) is 0. The number of benzene rings is 1. The van der Waals surface area contributed by atoms with E-state index in [1.54, 1.807) is 12.1 Å². The molecule has 1 N–H and O–H groups in total. The number of aromatic carboxylic acids is 1. The number of carboxylic acid groups (broad SMARTS) is 1. The summed E-state index contributed by atoms with van der Waals surface area (Å²) in [6.07, 6.45) is 5.64. The number of aryl methyl sites for hydroxylation is 1. The second kappa shape index (κ2) is 5.76. The number of nitrogens with zero attached hydrogens (tertiary/aromatic N) is 3. The van der Waals surface area contributed by atoms with Gasteiger partial charge in [0.25, 0.3) is 0 Å². The molecule has 5 nitrogen and oxygen atoms in total. The van der Waals surface area contributed by atoms with E-state index in [-0.39, 0.29) is 0 Å². The van der Waals surface area contributed by atoms with Crippen molar-refractivity contribution in [1.29, 1.82) is 0 Å². The van der Waals surface area contributed by atoms with E-state index in [9.17, 15) is 4.79 Å². The molecule has 0 saturated carbocycles. The highest BCUT2D eigenvalue weighted by atomic mass is 16.4. The van der Waals surface area contributed by atoms with Crippen molar-refractivity contribution in [2.24, 2.45) is 0 Å². The predicted octanol–water partition coefficient (Wildman–Crippen LogP) is 2.81. The largest absolute Gasteiger partial charge is 0.478 e. The Labute approximate surface area is 124 Å². The van der Waals surface area contributed by atoms with Gasteiger partial charge in [0.1, 0.15) is 5.82 Å². The summed E-state index contributed by atoms with van der Waals surface area (Å²) in [5.41, 5.74) is 2.10. The van der Waals surface area contributed by atoms with Crippen LogP contribution in [0.3, 0.4) is 0 Å². The van der Waals surface area contributed by atoms with Crippen LogP contribution >= 0.6 is 0 Å². The van der Waals surface area contributed by atoms with Crippen LogP contribution in [-0.2, 0) is 6.42 Å². The molecule has 1 fully saturated rings. The Morgan fingerprint density at radius 3 is 2.71 bits per heavy atom. The van der Waals surface area contributed by atoms with Crippen molar-refractivity contribution in [3.05, 3.63) is 29.6 Å². The highest BCUT2D eigenvalue weighted by Gasteiger charge is 2.18. The van der Waals surface area contributed by atoms with Gasteiger partial charge in [0, 0.05) is 19.5 Å². The molecule has 1 aliphatic rings. The lowest BCUT2D eigenvalue weighted by Gasteiger charge is -2.31. The first-order valence-electron chi connectivity index (χ1n) is 7.70. The van der Waals surface area contributed by atoms with Gasteiger partial charge in [-0.3, -0.25) is 0 Å². The maximum absolute atomic E-state index is 11.1. The molecule has 0 unspecified atom stereocenters. The van der Waals surface area contributed by atoms with E-state index in [1.165, 1.54) is 19.3 Å². The summed E-state index contributed by atoms with van der Waals surface area (Å²) in [5.74, 6) is 0.137. The van der Waals surface area contributed by atoms with Crippen molar-refractivity contribution >= 4 is 17.0 Å². The maximum atomic E-state index is 11.1. The number of hydrogen-bond donors (Lipinski definition) is 1. The fraction of sp³-hybridized carbons (Fsp3) is 0.500. The number of hydrogen-bond acceptors (Lipinski definition) is 3. The van der Waals surface area contributed by atoms with E-state index in [4.69, 9.17) is 5.11 Å². The molecule has 0 radical (unpaired) electrons. The number of imidazole rings is 1. The highest BCUT2D eigenvalue weighted by Crippen LogP contribution is 2.21. The van der Waals surface area contributed by atoms with Crippen molar-refractivity contribution in [3.63, 3.8) is 0 Å². The zero-order valence-electron chi connectivity index (χ0n) is 12.4. The van der Waals surface area contributed by atoms with Gasteiger partial charge in [-0.15, -0.1) is 0 Å². The summed E-state index contributed by atoms with van der Waals surface area (Å²) in [5, 5.41) is 11.5. The van der Waals surface area contributed by atoms with Gasteiger partial charge in [0.05, 0.1) is 16.6 Å². The summed E-state index contributed by atoms with van der Waals surface area (Å²) >= 11 is 0. The topological polar surface area (TPSA) is 58.4 Å². The van der Waals surface area contributed by atoms with Crippen LogP contribution in [0.15, 0.2) is 18.2 Å². The number of piperidine rings is 1. The van der Waals surface area contributed by atoms with Gasteiger partial charge in [-0.05, 0) is 43.9 Å². The van der Waals surface area contributed by atoms with Crippen LogP contribution < -0.4 is 5.01 Å². The van der Waals surface area contributed by atoms with E-state index in [0.717, 1.165) is 42.8 Å². The van der Waals surface area contributed by atoms with Gasteiger partial charge in [-0.2, -0.15) is 0 Å². The predicted molar refractivity (Wildman–Crippen MR) is 82.5 cm³/mol. The molecule has 21 heavy (non-hydrogen) atoms. The first kappa shape index (κ1) is 13.9. The normalized spacial score (nSPS) is 15.6. The zero-order chi connectivity index (χ0) is 14.8. The first-order valence-corrected chi connectivity index (χ1v) is 7.70. The van der Waals surface area contributed by atoms with E-state index in [0.29, 0.717) is 5.56 Å². The Kier molecular flexibility index (Phi) is 3.82. The molecule has 0 atom stereocenters. The van der Waals surface area contributed by atoms with Crippen LogP contribution in [-0.4, -0.2) is 33.8 Å². The molecular formula is C16H21N3O2. The molecule has 1 aliphatic heterocycles. The lowest BCUT2D eigenvalue weighted by atomic mass is 10.1. The van der Waals surface area contributed by atoms with Gasteiger partial charge >= 0.3 is 5.97 Å². The summed E-state index contributed by atoms with van der Waals surface area (Å²) < 4.78 is 2.21. The molecule has 2 heterocycles. The van der Waals surface area contributed by atoms with Gasteiger partial charge in [-0.25, -0.2) is 14.5 Å². The molecule has 1 aromatic heterocycles. The second-order valence-corrected chi connectivity index (χ2v) is 5.61. The third kappa shape index (κ3) is 2.60. The third-order valence-electron chi connectivity index (χ3n) is 4.03. The Morgan fingerprint density at radius 1 is 1.29 bits per heavy atom. The van der Waals surface area contributed by atoms with Crippen LogP contribution in [0.1, 0.15) is 48.8 Å². The molecule has 0 spiro atoms. The fourth-order valence-electron chi connectivity index (χ4n) is 3.03. The van der Waals surface area contributed by atoms with Gasteiger partial charge < -0.3 is 10.1 Å². The van der Waals surface area contributed by atoms with Crippen LogP contribution in [0.2, 0.25) is 0 Å².